The first-order valence-corrected chi connectivity index (χ1v) is 17.0. The van der Waals surface area contributed by atoms with Gasteiger partial charge in [-0.05, 0) is 66.3 Å². The van der Waals surface area contributed by atoms with Crippen molar-refractivity contribution in [2.24, 2.45) is 5.41 Å². The number of carbonyl (C=O) groups is 2. The van der Waals surface area contributed by atoms with Crippen LogP contribution in [0.2, 0.25) is 10.0 Å². The maximum atomic E-state index is 16.5. The lowest BCUT2D eigenvalue weighted by Crippen LogP contribution is -2.70. The number of rotatable bonds is 11. The molecule has 1 saturated carbocycles. The second-order valence-electron chi connectivity index (χ2n) is 13.7. The molecule has 4 aromatic carbocycles. The molecule has 2 aliphatic rings. The highest BCUT2D eigenvalue weighted by molar-refractivity contribution is 6.31. The highest BCUT2D eigenvalue weighted by Gasteiger charge is 2.76. The van der Waals surface area contributed by atoms with Crippen LogP contribution in [0, 0.1) is 17.0 Å². The van der Waals surface area contributed by atoms with E-state index >= 15 is 8.78 Å². The van der Waals surface area contributed by atoms with Gasteiger partial charge in [-0.2, -0.15) is 0 Å². The van der Waals surface area contributed by atoms with Gasteiger partial charge in [-0.15, -0.1) is 0 Å². The molecule has 1 saturated heterocycles. The molecule has 1 aliphatic heterocycles. The van der Waals surface area contributed by atoms with Gasteiger partial charge in [0.2, 0.25) is 6.41 Å². The number of ketones is 1. The van der Waals surface area contributed by atoms with Crippen LogP contribution in [-0.4, -0.2) is 47.1 Å². The summed E-state index contributed by atoms with van der Waals surface area (Å²) in [6, 6.07) is 21.8. The van der Waals surface area contributed by atoms with Gasteiger partial charge >= 0.3 is 0 Å². The number of likely N-dealkylation sites (tertiary alicyclic amines) is 1. The van der Waals surface area contributed by atoms with Crippen LogP contribution in [0.4, 0.5) is 23.2 Å². The van der Waals surface area contributed by atoms with Gasteiger partial charge < -0.3 is 10.4 Å². The van der Waals surface area contributed by atoms with Crippen molar-refractivity contribution in [2.75, 3.05) is 18.7 Å². The van der Waals surface area contributed by atoms with Crippen LogP contribution in [-0.2, 0) is 15.0 Å². The number of amides is 1. The fourth-order valence-corrected chi connectivity index (χ4v) is 9.35. The van der Waals surface area contributed by atoms with Crippen LogP contribution < -0.4 is 5.32 Å². The van der Waals surface area contributed by atoms with Crippen LogP contribution in [0.1, 0.15) is 67.0 Å². The standard InChI is InChI=1S/C39H36Cl2F4N2O3/c1-23(49)34-32(28-16-27(44)17-30(41)33(28)45)37(2,29-14-13-26(40)15-31(29)46-22-48)39(18-38(19-39,20-42)21-43)47(34)35(24-9-5-3-6-10-24)36(50)25-11-7-4-8-12-25/h3-17,22,32,34-36,50H,18-21H2,1-2H3,(H,46,48)/t32?,34-,35?,36?,37?/m0/s1. The van der Waals surface area contributed by atoms with Crippen molar-refractivity contribution in [1.29, 1.82) is 0 Å². The van der Waals surface area contributed by atoms with Gasteiger partial charge in [0, 0.05) is 33.0 Å². The summed E-state index contributed by atoms with van der Waals surface area (Å²) in [6.07, 6.45) is -1.19. The molecule has 4 unspecified atom stereocenters. The second-order valence-corrected chi connectivity index (χ2v) is 14.6. The van der Waals surface area contributed by atoms with Crippen LogP contribution in [0.15, 0.2) is 91.0 Å². The van der Waals surface area contributed by atoms with Gasteiger partial charge in [-0.25, -0.2) is 8.78 Å². The summed E-state index contributed by atoms with van der Waals surface area (Å²) in [5.41, 5.74) is -2.95. The van der Waals surface area contributed by atoms with Crippen LogP contribution >= 0.6 is 23.2 Å². The minimum atomic E-state index is -1.51. The molecule has 0 bridgehead atoms. The van der Waals surface area contributed by atoms with Crippen molar-refractivity contribution in [3.8, 4) is 0 Å². The number of alkyl halides is 2. The van der Waals surface area contributed by atoms with Crippen LogP contribution in [0.5, 0.6) is 0 Å². The van der Waals surface area contributed by atoms with E-state index in [1.54, 1.807) is 84.6 Å². The lowest BCUT2D eigenvalue weighted by Gasteiger charge is -2.64. The summed E-state index contributed by atoms with van der Waals surface area (Å²) in [6.45, 7) is 1.01. The first-order chi connectivity index (χ1) is 23.9. The highest BCUT2D eigenvalue weighted by atomic mass is 35.5. The van der Waals surface area contributed by atoms with Crippen LogP contribution in [0.25, 0.3) is 0 Å². The largest absolute Gasteiger partial charge is 0.386 e. The molecule has 50 heavy (non-hydrogen) atoms. The Morgan fingerprint density at radius 3 is 2.12 bits per heavy atom. The third-order valence-corrected chi connectivity index (χ3v) is 11.5. The molecule has 1 heterocycles. The number of halogens is 6. The lowest BCUT2D eigenvalue weighted by molar-refractivity contribution is -0.157. The van der Waals surface area contributed by atoms with Gasteiger partial charge in [0.25, 0.3) is 0 Å². The molecule has 0 radical (unpaired) electrons. The van der Waals surface area contributed by atoms with Gasteiger partial charge in [0.1, 0.15) is 17.4 Å². The Balaban J connectivity index is 1.77. The Hall–Kier alpha value is -3.76. The Bertz CT molecular complexity index is 1890. The average Bonchev–Trinajstić information content (AvgIpc) is 3.32. The summed E-state index contributed by atoms with van der Waals surface area (Å²) < 4.78 is 61.8. The Morgan fingerprint density at radius 2 is 1.56 bits per heavy atom. The number of anilines is 1. The minimum absolute atomic E-state index is 0.164. The number of nitrogens with one attached hydrogen (secondary N) is 1. The van der Waals surface area contributed by atoms with Crippen LogP contribution in [0.3, 0.4) is 0 Å². The zero-order valence-electron chi connectivity index (χ0n) is 27.4. The normalized spacial score (nSPS) is 23.6. The van der Waals surface area contributed by atoms with E-state index < -0.39 is 76.3 Å². The van der Waals surface area contributed by atoms with E-state index in [9.17, 15) is 23.5 Å². The van der Waals surface area contributed by atoms with Gasteiger partial charge in [0.15, 0.2) is 0 Å². The Labute approximate surface area is 298 Å². The maximum Gasteiger partial charge on any atom is 0.211 e. The quantitative estimate of drug-likeness (QED) is 0.0920. The second kappa shape index (κ2) is 13.8. The monoisotopic (exact) mass is 726 g/mol. The number of Topliss-reactive ketones (excluding diaryl/α,β-unsaturated/α-hetero) is 1. The average molecular weight is 728 g/mol. The molecule has 5 atom stereocenters. The zero-order chi connectivity index (χ0) is 36.0. The topological polar surface area (TPSA) is 69.6 Å². The van der Waals surface area contributed by atoms with Crippen molar-refractivity contribution in [2.45, 2.75) is 61.7 Å². The number of nitrogens with zero attached hydrogens (tertiary/aromatic N) is 1. The summed E-state index contributed by atoms with van der Waals surface area (Å²) in [5, 5.41) is 14.8. The summed E-state index contributed by atoms with van der Waals surface area (Å²) in [5.74, 6) is -3.54. The maximum absolute atomic E-state index is 16.5. The Morgan fingerprint density at radius 1 is 0.960 bits per heavy atom. The molecule has 0 aromatic heterocycles. The third-order valence-electron chi connectivity index (χ3n) is 11.0. The molecular formula is C39H36Cl2F4N2O3. The number of hydrogen-bond acceptors (Lipinski definition) is 4. The number of aliphatic hydroxyl groups excluding tert-OH is 1. The number of aliphatic hydroxyl groups is 1. The van der Waals surface area contributed by atoms with Crippen molar-refractivity contribution < 1.29 is 32.3 Å². The predicted molar refractivity (Wildman–Crippen MR) is 186 cm³/mol. The Kier molecular flexibility index (Phi) is 9.91. The number of benzene rings is 4. The van der Waals surface area contributed by atoms with Crippen molar-refractivity contribution >= 4 is 41.1 Å². The number of carbonyl (C=O) groups excluding carboxylic acids is 2. The molecule has 4 aromatic rings. The predicted octanol–water partition coefficient (Wildman–Crippen LogP) is 9.09. The molecule has 2 N–H and O–H groups in total. The fraction of sp³-hybridized carbons (Fsp3) is 0.333. The van der Waals surface area contributed by atoms with E-state index in [0.717, 1.165) is 12.1 Å². The zero-order valence-corrected chi connectivity index (χ0v) is 28.9. The minimum Gasteiger partial charge on any atom is -0.386 e. The molecule has 262 valence electrons. The van der Waals surface area contributed by atoms with E-state index in [1.807, 2.05) is 0 Å². The SMILES string of the molecule is CC(=O)[C@H]1C(c2cc(F)cc(Cl)c2F)C(C)(c2ccc(Cl)cc2NC=O)C2(CC(CF)(CF)C2)N1C(c1ccccc1)C(O)c1ccccc1. The van der Waals surface area contributed by atoms with E-state index in [1.165, 1.54) is 13.0 Å². The van der Waals surface area contributed by atoms with Gasteiger partial charge in [0.05, 0.1) is 36.6 Å². The van der Waals surface area contributed by atoms with E-state index in [0.29, 0.717) is 23.1 Å². The van der Waals surface area contributed by atoms with Crippen molar-refractivity contribution in [3.63, 3.8) is 0 Å². The summed E-state index contributed by atoms with van der Waals surface area (Å²) in [4.78, 5) is 28.1. The summed E-state index contributed by atoms with van der Waals surface area (Å²) in [7, 11) is 0. The molecule has 2 fully saturated rings. The molecule has 11 heteroatoms. The number of hydrogen-bond donors (Lipinski definition) is 2. The molecule has 1 amide bonds. The van der Waals surface area contributed by atoms with Crippen molar-refractivity contribution in [1.82, 2.24) is 4.90 Å². The van der Waals surface area contributed by atoms with Crippen molar-refractivity contribution in [3.05, 3.63) is 135 Å². The fourth-order valence-electron chi connectivity index (χ4n) is 8.96. The highest BCUT2D eigenvalue weighted by Crippen LogP contribution is 2.72. The van der Waals surface area contributed by atoms with Gasteiger partial charge in [-0.3, -0.25) is 23.3 Å². The molecular weight excluding hydrogens is 691 g/mol. The third kappa shape index (κ3) is 5.63. The molecule has 1 spiro atoms. The first kappa shape index (κ1) is 36.0. The molecule has 1 aliphatic carbocycles. The summed E-state index contributed by atoms with van der Waals surface area (Å²) >= 11 is 12.7. The smallest absolute Gasteiger partial charge is 0.211 e. The van der Waals surface area contributed by atoms with E-state index in [2.05, 4.69) is 5.32 Å². The van der Waals surface area contributed by atoms with E-state index in [-0.39, 0.29) is 29.1 Å². The first-order valence-electron chi connectivity index (χ1n) is 16.2. The molecule has 6 rings (SSSR count). The molecule has 5 nitrogen and oxygen atoms in total. The lowest BCUT2D eigenvalue weighted by atomic mass is 9.45. The van der Waals surface area contributed by atoms with E-state index in [4.69, 9.17) is 23.2 Å². The van der Waals surface area contributed by atoms with Gasteiger partial charge in [-0.1, -0.05) is 96.9 Å².